The second kappa shape index (κ2) is 9.07. The van der Waals surface area contributed by atoms with E-state index in [1.54, 1.807) is 30.3 Å². The molecule has 0 bridgehead atoms. The predicted octanol–water partition coefficient (Wildman–Crippen LogP) is 3.22. The zero-order valence-electron chi connectivity index (χ0n) is 16.4. The second-order valence-electron chi connectivity index (χ2n) is 6.73. The van der Waals surface area contributed by atoms with Crippen LogP contribution in [-0.2, 0) is 19.2 Å². The van der Waals surface area contributed by atoms with Crippen molar-refractivity contribution in [2.24, 2.45) is 5.10 Å². The molecule has 1 unspecified atom stereocenters. The molecule has 1 saturated heterocycles. The van der Waals surface area contributed by atoms with Crippen molar-refractivity contribution in [2.45, 2.75) is 12.3 Å². The summed E-state index contributed by atoms with van der Waals surface area (Å²) in [6, 6.07) is 12.8. The molecule has 1 N–H and O–H groups in total. The van der Waals surface area contributed by atoms with Crippen molar-refractivity contribution < 1.29 is 19.2 Å². The van der Waals surface area contributed by atoms with E-state index in [0.717, 1.165) is 16.0 Å². The Bertz CT molecular complexity index is 1380. The quantitative estimate of drug-likeness (QED) is 0.332. The standard InChI is InChI=1S/C21H11Cl2N5O4S/c22-10-5-6-11(23)13(9-10)28-20(31)17(27-26-15(29)7-8-24)16(18(30)21(28)32)19-25-12-3-1-2-4-14(12)33-19/h1-6,9,16H,7H2,(H,26,29)/b27-17+. The van der Waals surface area contributed by atoms with Gasteiger partial charge in [-0.15, -0.1) is 11.3 Å². The maximum atomic E-state index is 13.4. The third-order valence-corrected chi connectivity index (χ3v) is 6.27. The third-order valence-electron chi connectivity index (χ3n) is 4.62. The van der Waals surface area contributed by atoms with Gasteiger partial charge in [-0.3, -0.25) is 19.2 Å². The SMILES string of the molecule is N#CCC(=O)N/N=C1/C(=O)N(c2cc(Cl)ccc2Cl)C(=O)C(=O)C1c1nc2ccccc2s1. The number of rotatable bonds is 4. The van der Waals surface area contributed by atoms with Crippen molar-refractivity contribution >= 4 is 79.7 Å². The molecule has 0 radical (unpaired) electrons. The molecule has 12 heteroatoms. The lowest BCUT2D eigenvalue weighted by molar-refractivity contribution is -0.139. The number of anilines is 1. The topological polar surface area (TPSA) is 133 Å². The zero-order valence-corrected chi connectivity index (χ0v) is 18.7. The van der Waals surface area contributed by atoms with Crippen LogP contribution in [-0.4, -0.2) is 34.2 Å². The van der Waals surface area contributed by atoms with E-state index in [4.69, 9.17) is 28.5 Å². The van der Waals surface area contributed by atoms with E-state index in [1.807, 2.05) is 0 Å². The van der Waals surface area contributed by atoms with Gasteiger partial charge >= 0.3 is 5.91 Å². The highest BCUT2D eigenvalue weighted by molar-refractivity contribution is 7.19. The first-order valence-corrected chi connectivity index (χ1v) is 10.9. The Morgan fingerprint density at radius 1 is 1.18 bits per heavy atom. The van der Waals surface area contributed by atoms with Crippen molar-refractivity contribution in [2.75, 3.05) is 4.90 Å². The van der Waals surface area contributed by atoms with Gasteiger partial charge in [-0.25, -0.2) is 15.3 Å². The number of ketones is 1. The minimum Gasteiger partial charge on any atom is -0.287 e. The lowest BCUT2D eigenvalue weighted by Gasteiger charge is -2.29. The first-order valence-electron chi connectivity index (χ1n) is 9.28. The van der Waals surface area contributed by atoms with Gasteiger partial charge in [-0.2, -0.15) is 10.4 Å². The summed E-state index contributed by atoms with van der Waals surface area (Å²) in [5.74, 6) is -5.35. The Hall–Kier alpha value is -3.65. The lowest BCUT2D eigenvalue weighted by Crippen LogP contribution is -2.55. The minimum atomic E-state index is -1.45. The summed E-state index contributed by atoms with van der Waals surface area (Å²) in [6.45, 7) is 0. The number of para-hydroxylation sites is 1. The number of piperidine rings is 1. The van der Waals surface area contributed by atoms with Crippen LogP contribution in [0.1, 0.15) is 17.3 Å². The number of nitriles is 1. The van der Waals surface area contributed by atoms with Crippen LogP contribution in [0.3, 0.4) is 0 Å². The van der Waals surface area contributed by atoms with Crippen LogP contribution < -0.4 is 10.3 Å². The summed E-state index contributed by atoms with van der Waals surface area (Å²) in [7, 11) is 0. The highest BCUT2D eigenvalue weighted by Crippen LogP contribution is 2.36. The van der Waals surface area contributed by atoms with E-state index in [0.29, 0.717) is 10.4 Å². The maximum Gasteiger partial charge on any atom is 0.302 e. The number of carbonyl (C=O) groups is 4. The van der Waals surface area contributed by atoms with Gasteiger partial charge in [-0.05, 0) is 30.3 Å². The molecule has 1 aliphatic heterocycles. The number of hydrazone groups is 1. The molecule has 1 aliphatic rings. The van der Waals surface area contributed by atoms with Crippen LogP contribution in [0.2, 0.25) is 10.0 Å². The smallest absolute Gasteiger partial charge is 0.287 e. The van der Waals surface area contributed by atoms with E-state index in [-0.39, 0.29) is 20.7 Å². The van der Waals surface area contributed by atoms with E-state index in [9.17, 15) is 19.2 Å². The zero-order chi connectivity index (χ0) is 23.7. The number of fused-ring (bicyclic) bond motifs is 1. The van der Waals surface area contributed by atoms with Crippen molar-refractivity contribution in [3.63, 3.8) is 0 Å². The van der Waals surface area contributed by atoms with Crippen molar-refractivity contribution in [3.05, 3.63) is 57.5 Å². The second-order valence-corrected chi connectivity index (χ2v) is 8.63. The summed E-state index contributed by atoms with van der Waals surface area (Å²) in [6.07, 6.45) is -0.520. The molecule has 3 amide bonds. The Kier molecular flexibility index (Phi) is 6.20. The third kappa shape index (κ3) is 4.21. The Morgan fingerprint density at radius 2 is 1.94 bits per heavy atom. The fourth-order valence-corrected chi connectivity index (χ4v) is 4.59. The molecule has 2 aromatic carbocycles. The largest absolute Gasteiger partial charge is 0.302 e. The number of nitrogens with one attached hydrogen (secondary N) is 1. The fraction of sp³-hybridized carbons (Fsp3) is 0.0952. The Balaban J connectivity index is 1.85. The molecule has 9 nitrogen and oxygen atoms in total. The Labute approximate surface area is 200 Å². The Morgan fingerprint density at radius 3 is 2.67 bits per heavy atom. The maximum absolute atomic E-state index is 13.4. The monoisotopic (exact) mass is 499 g/mol. The molecule has 33 heavy (non-hydrogen) atoms. The van der Waals surface area contributed by atoms with Gasteiger partial charge < -0.3 is 0 Å². The van der Waals surface area contributed by atoms with Gasteiger partial charge in [-0.1, -0.05) is 35.3 Å². The van der Waals surface area contributed by atoms with Gasteiger partial charge in [0, 0.05) is 5.02 Å². The highest BCUT2D eigenvalue weighted by Gasteiger charge is 2.49. The molecule has 4 rings (SSSR count). The molecule has 1 aromatic heterocycles. The number of thiazole rings is 1. The molecular weight excluding hydrogens is 489 g/mol. The van der Waals surface area contributed by atoms with E-state index < -0.39 is 41.6 Å². The molecule has 3 aromatic rings. The van der Waals surface area contributed by atoms with Crippen LogP contribution >= 0.6 is 34.5 Å². The predicted molar refractivity (Wildman–Crippen MR) is 122 cm³/mol. The number of carbonyl (C=O) groups excluding carboxylic acids is 4. The van der Waals surface area contributed by atoms with Gasteiger partial charge in [0.15, 0.2) is 0 Å². The number of amides is 3. The summed E-state index contributed by atoms with van der Waals surface area (Å²) < 4.78 is 0.730. The normalized spacial score (nSPS) is 17.5. The van der Waals surface area contributed by atoms with Crippen LogP contribution in [0.5, 0.6) is 0 Å². The summed E-state index contributed by atoms with van der Waals surface area (Å²) in [5.41, 5.74) is 2.10. The number of hydrogen-bond donors (Lipinski definition) is 1. The summed E-state index contributed by atoms with van der Waals surface area (Å²) >= 11 is 13.3. The molecule has 0 saturated carbocycles. The number of hydrogen-bond acceptors (Lipinski definition) is 8. The average Bonchev–Trinajstić information content (AvgIpc) is 3.21. The number of aromatic nitrogens is 1. The minimum absolute atomic E-state index is 0.000188. The van der Waals surface area contributed by atoms with Crippen LogP contribution in [0.4, 0.5) is 5.69 Å². The molecular formula is C21H11Cl2N5O4S. The molecule has 0 aliphatic carbocycles. The molecule has 164 valence electrons. The number of Topliss-reactive ketones (excluding diaryl/α,β-unsaturated/α-hetero) is 1. The number of nitrogens with zero attached hydrogens (tertiary/aromatic N) is 4. The number of benzene rings is 2. The van der Waals surface area contributed by atoms with E-state index in [1.165, 1.54) is 18.2 Å². The van der Waals surface area contributed by atoms with Gasteiger partial charge in [0.25, 0.3) is 11.8 Å². The summed E-state index contributed by atoms with van der Waals surface area (Å²) in [5, 5.41) is 12.8. The van der Waals surface area contributed by atoms with E-state index >= 15 is 0 Å². The van der Waals surface area contributed by atoms with Gasteiger partial charge in [0.1, 0.15) is 23.1 Å². The highest BCUT2D eigenvalue weighted by atomic mass is 35.5. The fourth-order valence-electron chi connectivity index (χ4n) is 3.15. The van der Waals surface area contributed by atoms with Crippen molar-refractivity contribution in [1.82, 2.24) is 10.4 Å². The van der Waals surface area contributed by atoms with Crippen molar-refractivity contribution in [1.29, 1.82) is 5.26 Å². The number of halogens is 2. The molecule has 0 spiro atoms. The molecule has 1 fully saturated rings. The van der Waals surface area contributed by atoms with Crippen LogP contribution in [0.15, 0.2) is 47.6 Å². The molecule has 2 heterocycles. The lowest BCUT2D eigenvalue weighted by atomic mass is 9.92. The van der Waals surface area contributed by atoms with E-state index in [2.05, 4.69) is 15.5 Å². The summed E-state index contributed by atoms with van der Waals surface area (Å²) in [4.78, 5) is 56.4. The number of imide groups is 1. The average molecular weight is 500 g/mol. The first-order chi connectivity index (χ1) is 15.8. The van der Waals surface area contributed by atoms with Crippen molar-refractivity contribution in [3.8, 4) is 6.07 Å². The van der Waals surface area contributed by atoms with Gasteiger partial charge in [0.05, 0.1) is 27.0 Å². The van der Waals surface area contributed by atoms with Crippen LogP contribution in [0, 0.1) is 11.3 Å². The molecule has 1 atom stereocenters. The first kappa shape index (κ1) is 22.5. The van der Waals surface area contributed by atoms with Gasteiger partial charge in [0.2, 0.25) is 5.78 Å². The van der Waals surface area contributed by atoms with Crippen LogP contribution in [0.25, 0.3) is 10.2 Å².